The Morgan fingerprint density at radius 1 is 0.774 bits per heavy atom. The van der Waals surface area contributed by atoms with E-state index in [1.54, 1.807) is 13.8 Å². The van der Waals surface area contributed by atoms with Crippen LogP contribution in [0.3, 0.4) is 0 Å². The summed E-state index contributed by atoms with van der Waals surface area (Å²) in [6.45, 7) is 4.51. The number of amides is 4. The van der Waals surface area contributed by atoms with Crippen LogP contribution in [0.2, 0.25) is 0 Å². The van der Waals surface area contributed by atoms with Crippen LogP contribution in [-0.2, 0) is 28.8 Å². The molecule has 31 heavy (non-hydrogen) atoms. The fraction of sp³-hybridized carbons (Fsp3) is 0.667. The lowest BCUT2D eigenvalue weighted by Crippen LogP contribution is -2.57. The summed E-state index contributed by atoms with van der Waals surface area (Å²) in [6, 6.07) is -4.89. The zero-order chi connectivity index (χ0) is 24.3. The van der Waals surface area contributed by atoms with Gasteiger partial charge in [0.2, 0.25) is 23.6 Å². The molecule has 4 unspecified atom stereocenters. The zero-order valence-electron chi connectivity index (χ0n) is 17.7. The van der Waals surface area contributed by atoms with Crippen molar-refractivity contribution in [1.82, 2.24) is 16.0 Å². The van der Waals surface area contributed by atoms with E-state index in [0.717, 1.165) is 0 Å². The van der Waals surface area contributed by atoms with Crippen molar-refractivity contribution in [3.05, 3.63) is 0 Å². The molecule has 0 radical (unpaired) electrons. The highest BCUT2D eigenvalue weighted by Crippen LogP contribution is 2.06. The molecule has 0 heterocycles. The molecule has 4 amide bonds. The van der Waals surface area contributed by atoms with Crippen molar-refractivity contribution in [2.24, 2.45) is 17.4 Å². The molecule has 0 bridgehead atoms. The molecule has 9 N–H and O–H groups in total. The average molecular weight is 445 g/mol. The van der Waals surface area contributed by atoms with E-state index in [2.05, 4.69) is 16.0 Å². The maximum absolute atomic E-state index is 12.7. The van der Waals surface area contributed by atoms with Crippen molar-refractivity contribution in [2.75, 3.05) is 0 Å². The smallest absolute Gasteiger partial charge is 0.326 e. The predicted octanol–water partition coefficient (Wildman–Crippen LogP) is -2.34. The monoisotopic (exact) mass is 445 g/mol. The average Bonchev–Trinajstić information content (AvgIpc) is 2.64. The Kier molecular flexibility index (Phi) is 11.8. The minimum atomic E-state index is -1.35. The van der Waals surface area contributed by atoms with Crippen LogP contribution >= 0.6 is 0 Å². The van der Waals surface area contributed by atoms with E-state index in [1.165, 1.54) is 6.92 Å². The fourth-order valence-corrected chi connectivity index (χ4v) is 2.43. The van der Waals surface area contributed by atoms with Gasteiger partial charge in [-0.1, -0.05) is 13.8 Å². The van der Waals surface area contributed by atoms with Gasteiger partial charge in [-0.3, -0.25) is 24.0 Å². The van der Waals surface area contributed by atoms with Gasteiger partial charge in [0, 0.05) is 12.8 Å². The number of nitrogens with one attached hydrogen (secondary N) is 3. The quantitative estimate of drug-likeness (QED) is 0.151. The largest absolute Gasteiger partial charge is 0.481 e. The number of carboxylic acids is 2. The normalized spacial score (nSPS) is 14.6. The Hall–Kier alpha value is -3.22. The minimum Gasteiger partial charge on any atom is -0.481 e. The molecular formula is C18H31N5O8. The Morgan fingerprint density at radius 2 is 1.23 bits per heavy atom. The lowest BCUT2D eigenvalue weighted by Gasteiger charge is -2.25. The van der Waals surface area contributed by atoms with Gasteiger partial charge in [0.05, 0.1) is 6.04 Å². The second kappa shape index (κ2) is 13.2. The number of carboxylic acid groups (broad SMARTS) is 2. The summed E-state index contributed by atoms with van der Waals surface area (Å²) in [5.41, 5.74) is 10.5. The van der Waals surface area contributed by atoms with E-state index in [-0.39, 0.29) is 19.3 Å². The van der Waals surface area contributed by atoms with Crippen molar-refractivity contribution < 1.29 is 39.0 Å². The van der Waals surface area contributed by atoms with Crippen LogP contribution in [0.25, 0.3) is 0 Å². The number of hydrogen-bond acceptors (Lipinski definition) is 7. The van der Waals surface area contributed by atoms with E-state index in [9.17, 15) is 33.9 Å². The first-order valence-electron chi connectivity index (χ1n) is 9.65. The molecule has 0 saturated carbocycles. The third-order valence-corrected chi connectivity index (χ3v) is 4.24. The summed E-state index contributed by atoms with van der Waals surface area (Å²) < 4.78 is 0. The third-order valence-electron chi connectivity index (χ3n) is 4.24. The molecule has 0 aliphatic rings. The Bertz CT molecular complexity index is 694. The van der Waals surface area contributed by atoms with E-state index < -0.39 is 72.1 Å². The lowest BCUT2D eigenvalue weighted by atomic mass is 10.0. The van der Waals surface area contributed by atoms with Gasteiger partial charge in [0.25, 0.3) is 0 Å². The first-order valence-corrected chi connectivity index (χ1v) is 9.65. The van der Waals surface area contributed by atoms with Gasteiger partial charge in [0.1, 0.15) is 18.1 Å². The summed E-state index contributed by atoms with van der Waals surface area (Å²) in [5, 5.41) is 25.0. The van der Waals surface area contributed by atoms with Crippen LogP contribution < -0.4 is 27.4 Å². The molecule has 0 aromatic rings. The molecule has 0 rings (SSSR count). The maximum Gasteiger partial charge on any atom is 0.326 e. The molecule has 0 aromatic heterocycles. The van der Waals surface area contributed by atoms with Gasteiger partial charge in [-0.05, 0) is 25.7 Å². The van der Waals surface area contributed by atoms with Crippen molar-refractivity contribution in [3.8, 4) is 0 Å². The van der Waals surface area contributed by atoms with Gasteiger partial charge in [-0.25, -0.2) is 4.79 Å². The van der Waals surface area contributed by atoms with Crippen molar-refractivity contribution in [3.63, 3.8) is 0 Å². The molecular weight excluding hydrogens is 414 g/mol. The topological polar surface area (TPSA) is 231 Å². The van der Waals surface area contributed by atoms with E-state index >= 15 is 0 Å². The maximum atomic E-state index is 12.7. The standard InChI is InChI=1S/C18H31N5O8/c1-8(2)14(18(30)31)23-17(29)10(4-6-12(20)24)22-16(28)11(5-7-13(25)26)21-15(27)9(3)19/h8-11,14H,4-7,19H2,1-3H3,(H2,20,24)(H,21,27)(H,22,28)(H,23,29)(H,25,26)(H,30,31). The van der Waals surface area contributed by atoms with Crippen molar-refractivity contribution in [1.29, 1.82) is 0 Å². The van der Waals surface area contributed by atoms with Crippen LogP contribution in [0.15, 0.2) is 0 Å². The van der Waals surface area contributed by atoms with Crippen LogP contribution in [0, 0.1) is 5.92 Å². The summed E-state index contributed by atoms with van der Waals surface area (Å²) in [4.78, 5) is 70.4. The first-order chi connectivity index (χ1) is 14.3. The van der Waals surface area contributed by atoms with Crippen LogP contribution in [0.1, 0.15) is 46.5 Å². The van der Waals surface area contributed by atoms with Gasteiger partial charge in [-0.2, -0.15) is 0 Å². The fourth-order valence-electron chi connectivity index (χ4n) is 2.43. The number of carbonyl (C=O) groups is 6. The highest BCUT2D eigenvalue weighted by Gasteiger charge is 2.31. The van der Waals surface area contributed by atoms with E-state index in [1.807, 2.05) is 0 Å². The second-order valence-electron chi connectivity index (χ2n) is 7.42. The number of hydrogen-bond donors (Lipinski definition) is 7. The van der Waals surface area contributed by atoms with Crippen molar-refractivity contribution in [2.45, 2.75) is 70.6 Å². The van der Waals surface area contributed by atoms with Gasteiger partial charge in [0.15, 0.2) is 0 Å². The summed E-state index contributed by atoms with van der Waals surface area (Å²) in [5.74, 6) is -6.19. The van der Waals surface area contributed by atoms with Crippen LogP contribution in [-0.4, -0.2) is 69.9 Å². The SMILES string of the molecule is CC(N)C(=O)NC(CCC(=O)O)C(=O)NC(CCC(N)=O)C(=O)NC(C(=O)O)C(C)C. The molecule has 4 atom stereocenters. The summed E-state index contributed by atoms with van der Waals surface area (Å²) >= 11 is 0. The molecule has 0 aromatic carbocycles. The highest BCUT2D eigenvalue weighted by atomic mass is 16.4. The Labute approximate surface area is 179 Å². The zero-order valence-corrected chi connectivity index (χ0v) is 17.7. The molecule has 176 valence electrons. The van der Waals surface area contributed by atoms with Crippen LogP contribution in [0.4, 0.5) is 0 Å². The van der Waals surface area contributed by atoms with E-state index in [4.69, 9.17) is 16.6 Å². The summed E-state index contributed by atoms with van der Waals surface area (Å²) in [7, 11) is 0. The van der Waals surface area contributed by atoms with Gasteiger partial charge < -0.3 is 37.6 Å². The number of primary amides is 1. The number of carbonyl (C=O) groups excluding carboxylic acids is 4. The molecule has 13 nitrogen and oxygen atoms in total. The Morgan fingerprint density at radius 3 is 1.61 bits per heavy atom. The number of rotatable bonds is 14. The number of nitrogens with two attached hydrogens (primary N) is 2. The van der Waals surface area contributed by atoms with Gasteiger partial charge >= 0.3 is 11.9 Å². The first kappa shape index (κ1) is 27.8. The van der Waals surface area contributed by atoms with Crippen LogP contribution in [0.5, 0.6) is 0 Å². The predicted molar refractivity (Wildman–Crippen MR) is 107 cm³/mol. The molecule has 0 aliphatic heterocycles. The molecule has 0 fully saturated rings. The lowest BCUT2D eigenvalue weighted by molar-refractivity contribution is -0.143. The molecule has 0 aliphatic carbocycles. The van der Waals surface area contributed by atoms with Gasteiger partial charge in [-0.15, -0.1) is 0 Å². The molecule has 0 spiro atoms. The molecule has 0 saturated heterocycles. The highest BCUT2D eigenvalue weighted by molar-refractivity contribution is 5.94. The second-order valence-corrected chi connectivity index (χ2v) is 7.42. The van der Waals surface area contributed by atoms with Crippen molar-refractivity contribution >= 4 is 35.6 Å². The number of aliphatic carboxylic acids is 2. The third kappa shape index (κ3) is 10.9. The molecule has 13 heteroatoms. The minimum absolute atomic E-state index is 0.232. The van der Waals surface area contributed by atoms with E-state index in [0.29, 0.717) is 0 Å². The Balaban J connectivity index is 5.53. The summed E-state index contributed by atoms with van der Waals surface area (Å²) in [6.07, 6.45) is -1.26.